The predicted octanol–water partition coefficient (Wildman–Crippen LogP) is 2.95. The van der Waals surface area contributed by atoms with Crippen molar-refractivity contribution in [1.29, 1.82) is 0 Å². The van der Waals surface area contributed by atoms with Crippen LogP contribution in [0.15, 0.2) is 28.8 Å². The quantitative estimate of drug-likeness (QED) is 0.885. The maximum absolute atomic E-state index is 13.6. The van der Waals surface area contributed by atoms with E-state index in [1.807, 2.05) is 26.0 Å². The van der Waals surface area contributed by atoms with Crippen molar-refractivity contribution in [3.63, 3.8) is 0 Å². The average Bonchev–Trinajstić information content (AvgIpc) is 3.31. The number of aromatic nitrogens is 1. The molecule has 1 aromatic carbocycles. The van der Waals surface area contributed by atoms with E-state index in [-0.39, 0.29) is 23.6 Å². The van der Waals surface area contributed by atoms with Gasteiger partial charge >= 0.3 is 0 Å². The van der Waals surface area contributed by atoms with Crippen LogP contribution in [0.5, 0.6) is 5.75 Å². The van der Waals surface area contributed by atoms with Gasteiger partial charge in [0.2, 0.25) is 0 Å². The second-order valence-corrected chi connectivity index (χ2v) is 8.43. The molecule has 0 saturated carbocycles. The van der Waals surface area contributed by atoms with Crippen molar-refractivity contribution >= 4 is 5.91 Å². The first-order chi connectivity index (χ1) is 13.6. The monoisotopic (exact) mass is 381 g/mol. The zero-order chi connectivity index (χ0) is 19.4. The number of carbonyl (C=O) groups excluding carboxylic acids is 1. The Morgan fingerprint density at radius 3 is 2.79 bits per heavy atom. The summed E-state index contributed by atoms with van der Waals surface area (Å²) < 4.78 is 5.35. The van der Waals surface area contributed by atoms with Crippen LogP contribution in [0, 0.1) is 12.8 Å². The number of aromatic hydroxyl groups is 1. The summed E-state index contributed by atoms with van der Waals surface area (Å²) in [6.07, 6.45) is 2.99. The Labute approximate surface area is 165 Å². The van der Waals surface area contributed by atoms with Crippen LogP contribution in [0.1, 0.15) is 53.1 Å². The van der Waals surface area contributed by atoms with Crippen LogP contribution in [0.25, 0.3) is 0 Å². The Hall–Kier alpha value is -2.34. The van der Waals surface area contributed by atoms with Crippen molar-refractivity contribution in [1.82, 2.24) is 15.0 Å². The number of piperidine rings is 3. The third-order valence-electron chi connectivity index (χ3n) is 7.04. The molecule has 1 N–H and O–H groups in total. The Balaban J connectivity index is 1.55. The van der Waals surface area contributed by atoms with Crippen LogP contribution in [-0.4, -0.2) is 57.7 Å². The molecule has 4 saturated heterocycles. The van der Waals surface area contributed by atoms with Crippen LogP contribution in [-0.2, 0) is 6.42 Å². The molecule has 6 rings (SSSR count). The van der Waals surface area contributed by atoms with Gasteiger partial charge in [-0.05, 0) is 62.9 Å². The number of carbonyl (C=O) groups is 1. The van der Waals surface area contributed by atoms with Crippen molar-refractivity contribution in [3.8, 4) is 5.75 Å². The van der Waals surface area contributed by atoms with Crippen molar-refractivity contribution in [3.05, 3.63) is 46.8 Å². The maximum atomic E-state index is 13.6. The second-order valence-electron chi connectivity index (χ2n) is 8.43. The van der Waals surface area contributed by atoms with Gasteiger partial charge in [-0.1, -0.05) is 24.2 Å². The van der Waals surface area contributed by atoms with E-state index < -0.39 is 0 Å². The van der Waals surface area contributed by atoms with E-state index in [1.165, 1.54) is 0 Å². The smallest absolute Gasteiger partial charge is 0.259 e. The van der Waals surface area contributed by atoms with Gasteiger partial charge < -0.3 is 14.5 Å². The van der Waals surface area contributed by atoms with Crippen LogP contribution < -0.4 is 0 Å². The molecular weight excluding hydrogens is 354 g/mol. The van der Waals surface area contributed by atoms with E-state index in [9.17, 15) is 9.90 Å². The van der Waals surface area contributed by atoms with Crippen LogP contribution in [0.4, 0.5) is 0 Å². The molecule has 1 aromatic heterocycles. The minimum absolute atomic E-state index is 0.0574. The summed E-state index contributed by atoms with van der Waals surface area (Å²) in [5.41, 5.74) is 2.52. The van der Waals surface area contributed by atoms with Gasteiger partial charge in [0.15, 0.2) is 0 Å². The fourth-order valence-electron chi connectivity index (χ4n) is 5.78. The molecule has 148 valence electrons. The largest absolute Gasteiger partial charge is 0.508 e. The fraction of sp³-hybridized carbons (Fsp3) is 0.545. The zero-order valence-electron chi connectivity index (χ0n) is 16.5. The Bertz CT molecular complexity index is 900. The molecule has 3 atom stereocenters. The molecule has 0 unspecified atom stereocenters. The topological polar surface area (TPSA) is 69.8 Å². The normalized spacial score (nSPS) is 31.2. The number of fused-ring (bicyclic) bond motifs is 2. The highest BCUT2D eigenvalue weighted by Crippen LogP contribution is 2.47. The lowest BCUT2D eigenvalue weighted by Crippen LogP contribution is -2.60. The standard InChI is InChI=1S/C22H27N3O3/c1-3-18-19(13(2)28-23-18)22(27)25-12-17(15-5-4-6-16(26)11-15)21-20(25)14-7-9-24(21)10-8-14/h4-6,11,14,17,20-21,26H,3,7-10,12H2,1-2H3/t17-,20+,21+/m1/s1. The van der Waals surface area contributed by atoms with Crippen LogP contribution >= 0.6 is 0 Å². The number of hydrogen-bond donors (Lipinski definition) is 1. The zero-order valence-corrected chi connectivity index (χ0v) is 16.5. The summed E-state index contributed by atoms with van der Waals surface area (Å²) >= 11 is 0. The molecule has 2 aromatic rings. The number of phenols is 1. The van der Waals surface area contributed by atoms with Crippen molar-refractivity contribution in [2.24, 2.45) is 5.92 Å². The van der Waals surface area contributed by atoms with Gasteiger partial charge in [0.05, 0.1) is 11.7 Å². The molecule has 5 heterocycles. The molecule has 1 amide bonds. The van der Waals surface area contributed by atoms with Crippen LogP contribution in [0.2, 0.25) is 0 Å². The lowest BCUT2D eigenvalue weighted by molar-refractivity contribution is -0.00349. The van der Waals surface area contributed by atoms with Gasteiger partial charge in [0.25, 0.3) is 5.91 Å². The van der Waals surface area contributed by atoms with Crippen LogP contribution in [0.3, 0.4) is 0 Å². The molecular formula is C22H27N3O3. The first-order valence-corrected chi connectivity index (χ1v) is 10.4. The Morgan fingerprint density at radius 1 is 1.29 bits per heavy atom. The number of phenolic OH excluding ortho intramolecular Hbond substituents is 1. The highest BCUT2D eigenvalue weighted by atomic mass is 16.5. The number of aryl methyl sites for hydroxylation is 2. The fourth-order valence-corrected chi connectivity index (χ4v) is 5.78. The summed E-state index contributed by atoms with van der Waals surface area (Å²) in [7, 11) is 0. The van der Waals surface area contributed by atoms with Gasteiger partial charge in [0.1, 0.15) is 17.1 Å². The molecule has 6 heteroatoms. The van der Waals surface area contributed by atoms with Gasteiger partial charge in [0, 0.05) is 18.5 Å². The number of nitrogens with zero attached hydrogens (tertiary/aromatic N) is 3. The molecule has 0 radical (unpaired) electrons. The van der Waals surface area contributed by atoms with Crippen molar-refractivity contribution in [2.45, 2.75) is 51.1 Å². The molecule has 4 fully saturated rings. The van der Waals surface area contributed by atoms with E-state index in [0.717, 1.165) is 37.2 Å². The summed E-state index contributed by atoms with van der Waals surface area (Å²) in [6.45, 7) is 6.73. The minimum Gasteiger partial charge on any atom is -0.508 e. The SMILES string of the molecule is CCc1noc(C)c1C(=O)N1C[C@H](c2cccc(O)c2)[C@H]2[C@@H]1C1CCN2CC1. The Morgan fingerprint density at radius 2 is 2.07 bits per heavy atom. The van der Waals surface area contributed by atoms with Gasteiger partial charge in [-0.2, -0.15) is 0 Å². The number of benzene rings is 1. The summed E-state index contributed by atoms with van der Waals surface area (Å²) in [5.74, 6) is 1.72. The summed E-state index contributed by atoms with van der Waals surface area (Å²) in [5, 5.41) is 14.1. The van der Waals surface area contributed by atoms with Gasteiger partial charge in [-0.3, -0.25) is 9.69 Å². The number of rotatable bonds is 3. The van der Waals surface area contributed by atoms with E-state index >= 15 is 0 Å². The third kappa shape index (κ3) is 2.58. The summed E-state index contributed by atoms with van der Waals surface area (Å²) in [6, 6.07) is 8.10. The first-order valence-electron chi connectivity index (χ1n) is 10.4. The number of hydrogen-bond acceptors (Lipinski definition) is 5. The third-order valence-corrected chi connectivity index (χ3v) is 7.04. The molecule has 2 bridgehead atoms. The molecule has 4 aliphatic rings. The Kier molecular flexibility index (Phi) is 4.19. The highest BCUT2D eigenvalue weighted by molar-refractivity contribution is 5.96. The maximum Gasteiger partial charge on any atom is 0.259 e. The molecule has 6 nitrogen and oxygen atoms in total. The predicted molar refractivity (Wildman–Crippen MR) is 104 cm³/mol. The number of amides is 1. The highest BCUT2D eigenvalue weighted by Gasteiger charge is 2.55. The molecule has 28 heavy (non-hydrogen) atoms. The van der Waals surface area contributed by atoms with Crippen molar-refractivity contribution in [2.75, 3.05) is 19.6 Å². The molecule has 4 aliphatic heterocycles. The second kappa shape index (κ2) is 6.62. The molecule has 0 spiro atoms. The summed E-state index contributed by atoms with van der Waals surface area (Å²) in [4.78, 5) is 18.3. The van der Waals surface area contributed by atoms with Gasteiger partial charge in [-0.25, -0.2) is 0 Å². The van der Waals surface area contributed by atoms with E-state index in [1.54, 1.807) is 6.07 Å². The number of likely N-dealkylation sites (tertiary alicyclic amines) is 1. The lowest BCUT2D eigenvalue weighted by Gasteiger charge is -2.51. The van der Waals surface area contributed by atoms with Crippen molar-refractivity contribution < 1.29 is 14.4 Å². The average molecular weight is 381 g/mol. The van der Waals surface area contributed by atoms with Gasteiger partial charge in [-0.15, -0.1) is 0 Å². The first kappa shape index (κ1) is 17.7. The lowest BCUT2D eigenvalue weighted by atomic mass is 9.75. The van der Waals surface area contributed by atoms with E-state index in [2.05, 4.69) is 21.0 Å². The van der Waals surface area contributed by atoms with E-state index in [4.69, 9.17) is 4.52 Å². The molecule has 0 aliphatic carbocycles. The minimum atomic E-state index is 0.0574. The van der Waals surface area contributed by atoms with E-state index in [0.29, 0.717) is 36.2 Å².